The number of nitrogens with zero attached hydrogens (tertiary/aromatic N) is 4. The fraction of sp³-hybridized carbons (Fsp3) is 0.217. The number of imidazole rings is 1. The van der Waals surface area contributed by atoms with E-state index in [9.17, 15) is 0 Å². The van der Waals surface area contributed by atoms with E-state index in [0.29, 0.717) is 5.92 Å². The second kappa shape index (κ2) is 7.62. The van der Waals surface area contributed by atoms with Gasteiger partial charge < -0.3 is 4.57 Å². The van der Waals surface area contributed by atoms with E-state index in [1.807, 2.05) is 41.6 Å². The minimum atomic E-state index is 0.657. The van der Waals surface area contributed by atoms with Crippen molar-refractivity contribution in [2.45, 2.75) is 26.8 Å². The molecule has 136 valence electrons. The molecule has 4 aromatic rings. The topological polar surface area (TPSA) is 35.6 Å². The molecule has 0 radical (unpaired) electrons. The quantitative estimate of drug-likeness (QED) is 0.488. The van der Waals surface area contributed by atoms with Gasteiger partial charge in [0.05, 0.1) is 24.3 Å². The first-order valence-electron chi connectivity index (χ1n) is 9.38. The van der Waals surface area contributed by atoms with Gasteiger partial charge in [-0.15, -0.1) is 0 Å². The minimum Gasteiger partial charge on any atom is -0.333 e. The SMILES string of the molecule is CC(C)Cc1ccc(-c2nn(-c3ccccc3)cc2Cn2ccnc2)cc1. The van der Waals surface area contributed by atoms with Crippen molar-refractivity contribution in [1.82, 2.24) is 19.3 Å². The van der Waals surface area contributed by atoms with Gasteiger partial charge in [0.1, 0.15) is 0 Å². The summed E-state index contributed by atoms with van der Waals surface area (Å²) in [6.07, 6.45) is 8.85. The Morgan fingerprint density at radius 2 is 1.74 bits per heavy atom. The van der Waals surface area contributed by atoms with E-state index in [1.54, 1.807) is 0 Å². The van der Waals surface area contributed by atoms with Crippen molar-refractivity contribution in [3.63, 3.8) is 0 Å². The van der Waals surface area contributed by atoms with Crippen LogP contribution in [0.1, 0.15) is 25.0 Å². The summed E-state index contributed by atoms with van der Waals surface area (Å²) >= 11 is 0. The van der Waals surface area contributed by atoms with E-state index in [2.05, 4.69) is 66.0 Å². The lowest BCUT2D eigenvalue weighted by atomic mass is 10.00. The zero-order valence-electron chi connectivity index (χ0n) is 15.8. The molecule has 0 unspecified atom stereocenters. The molecule has 0 aliphatic heterocycles. The summed E-state index contributed by atoms with van der Waals surface area (Å²) in [7, 11) is 0. The van der Waals surface area contributed by atoms with Crippen LogP contribution in [0.4, 0.5) is 0 Å². The van der Waals surface area contributed by atoms with Gasteiger partial charge in [0.15, 0.2) is 0 Å². The molecule has 0 atom stereocenters. The number of benzene rings is 2. The average Bonchev–Trinajstić information content (AvgIpc) is 3.33. The zero-order valence-corrected chi connectivity index (χ0v) is 15.8. The first kappa shape index (κ1) is 17.3. The first-order valence-corrected chi connectivity index (χ1v) is 9.38. The summed E-state index contributed by atoms with van der Waals surface area (Å²) in [5, 5.41) is 4.90. The maximum atomic E-state index is 4.90. The Balaban J connectivity index is 1.72. The Morgan fingerprint density at radius 1 is 0.963 bits per heavy atom. The van der Waals surface area contributed by atoms with E-state index in [4.69, 9.17) is 5.10 Å². The molecular weight excluding hydrogens is 332 g/mol. The molecule has 0 spiro atoms. The van der Waals surface area contributed by atoms with Gasteiger partial charge in [0, 0.05) is 29.7 Å². The number of aromatic nitrogens is 4. The highest BCUT2D eigenvalue weighted by Gasteiger charge is 2.13. The van der Waals surface area contributed by atoms with E-state index < -0.39 is 0 Å². The molecule has 0 saturated heterocycles. The molecule has 2 heterocycles. The van der Waals surface area contributed by atoms with E-state index >= 15 is 0 Å². The minimum absolute atomic E-state index is 0.657. The number of hydrogen-bond acceptors (Lipinski definition) is 2. The van der Waals surface area contributed by atoms with Crippen LogP contribution >= 0.6 is 0 Å². The predicted octanol–water partition coefficient (Wildman–Crippen LogP) is 4.98. The molecule has 27 heavy (non-hydrogen) atoms. The van der Waals surface area contributed by atoms with Gasteiger partial charge in [0.25, 0.3) is 0 Å². The van der Waals surface area contributed by atoms with Crippen molar-refractivity contribution in [3.8, 4) is 16.9 Å². The smallest absolute Gasteiger partial charge is 0.0977 e. The largest absolute Gasteiger partial charge is 0.333 e. The van der Waals surface area contributed by atoms with Crippen molar-refractivity contribution < 1.29 is 0 Å². The van der Waals surface area contributed by atoms with Gasteiger partial charge >= 0.3 is 0 Å². The Bertz CT molecular complexity index is 981. The van der Waals surface area contributed by atoms with E-state index in [1.165, 1.54) is 11.1 Å². The average molecular weight is 356 g/mol. The second-order valence-electron chi connectivity index (χ2n) is 7.31. The van der Waals surface area contributed by atoms with Crippen molar-refractivity contribution in [2.24, 2.45) is 5.92 Å². The lowest BCUT2D eigenvalue weighted by Crippen LogP contribution is -1.97. The fourth-order valence-electron chi connectivity index (χ4n) is 3.33. The molecule has 0 amide bonds. The highest BCUT2D eigenvalue weighted by atomic mass is 15.3. The molecule has 0 fully saturated rings. The molecule has 0 bridgehead atoms. The van der Waals surface area contributed by atoms with Crippen LogP contribution in [0.3, 0.4) is 0 Å². The van der Waals surface area contributed by atoms with Gasteiger partial charge in [-0.2, -0.15) is 5.10 Å². The van der Waals surface area contributed by atoms with Crippen LogP contribution in [0.25, 0.3) is 16.9 Å². The Hall–Kier alpha value is -3.14. The molecule has 0 saturated carbocycles. The summed E-state index contributed by atoms with van der Waals surface area (Å²) in [6.45, 7) is 5.24. The molecule has 4 heteroatoms. The molecular formula is C23H24N4. The maximum Gasteiger partial charge on any atom is 0.0977 e. The Morgan fingerprint density at radius 3 is 2.41 bits per heavy atom. The van der Waals surface area contributed by atoms with Gasteiger partial charge in [-0.3, -0.25) is 0 Å². The van der Waals surface area contributed by atoms with Crippen LogP contribution in [0.5, 0.6) is 0 Å². The van der Waals surface area contributed by atoms with E-state index in [0.717, 1.165) is 29.9 Å². The third kappa shape index (κ3) is 4.00. The van der Waals surface area contributed by atoms with Crippen LogP contribution in [-0.2, 0) is 13.0 Å². The van der Waals surface area contributed by atoms with Crippen LogP contribution in [0.15, 0.2) is 79.5 Å². The summed E-state index contributed by atoms with van der Waals surface area (Å²) in [5.41, 5.74) is 5.77. The number of hydrogen-bond donors (Lipinski definition) is 0. The highest BCUT2D eigenvalue weighted by Crippen LogP contribution is 2.25. The predicted molar refractivity (Wildman–Crippen MR) is 109 cm³/mol. The summed E-state index contributed by atoms with van der Waals surface area (Å²) in [6, 6.07) is 19.1. The number of para-hydroxylation sites is 1. The Kier molecular flexibility index (Phi) is 4.88. The number of rotatable bonds is 6. The fourth-order valence-corrected chi connectivity index (χ4v) is 3.33. The van der Waals surface area contributed by atoms with Gasteiger partial charge in [-0.05, 0) is 30.0 Å². The van der Waals surface area contributed by atoms with Crippen LogP contribution < -0.4 is 0 Å². The molecule has 0 aliphatic rings. The summed E-state index contributed by atoms with van der Waals surface area (Å²) in [5.74, 6) is 0.657. The van der Waals surface area contributed by atoms with Crippen molar-refractivity contribution >= 4 is 0 Å². The van der Waals surface area contributed by atoms with Gasteiger partial charge in [-0.1, -0.05) is 56.3 Å². The van der Waals surface area contributed by atoms with Gasteiger partial charge in [0.2, 0.25) is 0 Å². The molecule has 4 rings (SSSR count). The second-order valence-corrected chi connectivity index (χ2v) is 7.31. The van der Waals surface area contributed by atoms with Crippen LogP contribution in [-0.4, -0.2) is 19.3 Å². The summed E-state index contributed by atoms with van der Waals surface area (Å²) < 4.78 is 4.03. The lowest BCUT2D eigenvalue weighted by Gasteiger charge is -2.07. The van der Waals surface area contributed by atoms with Gasteiger partial charge in [-0.25, -0.2) is 9.67 Å². The normalized spacial score (nSPS) is 11.2. The molecule has 0 aliphatic carbocycles. The Labute approximate surface area is 160 Å². The summed E-state index contributed by atoms with van der Waals surface area (Å²) in [4.78, 5) is 4.16. The first-order chi connectivity index (χ1) is 13.2. The van der Waals surface area contributed by atoms with Crippen molar-refractivity contribution in [2.75, 3.05) is 0 Å². The standard InChI is InChI=1S/C23H24N4/c1-18(2)14-19-8-10-20(11-9-19)23-21(15-26-13-12-24-17-26)16-27(25-23)22-6-4-3-5-7-22/h3-13,16-18H,14-15H2,1-2H3. The lowest BCUT2D eigenvalue weighted by molar-refractivity contribution is 0.647. The molecule has 2 aromatic heterocycles. The molecule has 2 aromatic carbocycles. The third-order valence-electron chi connectivity index (χ3n) is 4.59. The zero-order chi connectivity index (χ0) is 18.6. The van der Waals surface area contributed by atoms with Crippen LogP contribution in [0, 0.1) is 5.92 Å². The van der Waals surface area contributed by atoms with E-state index in [-0.39, 0.29) is 0 Å². The third-order valence-corrected chi connectivity index (χ3v) is 4.59. The monoisotopic (exact) mass is 356 g/mol. The van der Waals surface area contributed by atoms with Crippen molar-refractivity contribution in [3.05, 3.63) is 90.6 Å². The maximum absolute atomic E-state index is 4.90. The molecule has 0 N–H and O–H groups in total. The molecule has 4 nitrogen and oxygen atoms in total. The van der Waals surface area contributed by atoms with Crippen LogP contribution in [0.2, 0.25) is 0 Å². The highest BCUT2D eigenvalue weighted by molar-refractivity contribution is 5.63. The van der Waals surface area contributed by atoms with Crippen molar-refractivity contribution in [1.29, 1.82) is 0 Å².